The van der Waals surface area contributed by atoms with Crippen molar-refractivity contribution in [2.24, 2.45) is 5.92 Å². The fourth-order valence-corrected chi connectivity index (χ4v) is 5.07. The van der Waals surface area contributed by atoms with Gasteiger partial charge in [-0.15, -0.1) is 12.4 Å². The van der Waals surface area contributed by atoms with Crippen LogP contribution in [0.2, 0.25) is 0 Å². The number of amides is 3. The number of halogens is 1. The molecule has 1 aliphatic rings. The van der Waals surface area contributed by atoms with Crippen molar-refractivity contribution in [1.29, 1.82) is 0 Å². The summed E-state index contributed by atoms with van der Waals surface area (Å²) in [4.78, 5) is 42.5. The maximum atomic E-state index is 13.8. The van der Waals surface area contributed by atoms with E-state index in [2.05, 4.69) is 16.0 Å². The van der Waals surface area contributed by atoms with E-state index < -0.39 is 30.2 Å². The number of carbonyl (C=O) groups excluding carboxylic acids is 3. The molecule has 3 rings (SSSR count). The summed E-state index contributed by atoms with van der Waals surface area (Å²) in [6.07, 6.45) is 1.28. The van der Waals surface area contributed by atoms with Crippen molar-refractivity contribution in [3.8, 4) is 0 Å². The van der Waals surface area contributed by atoms with E-state index >= 15 is 0 Å². The Hall–Kier alpha value is -2.56. The largest absolute Gasteiger partial charge is 0.392 e. The first-order chi connectivity index (χ1) is 18.7. The molecular weight excluding hydrogens is 532 g/mol. The van der Waals surface area contributed by atoms with Crippen molar-refractivity contribution in [3.63, 3.8) is 0 Å². The van der Waals surface area contributed by atoms with Crippen LogP contribution in [0, 0.1) is 5.92 Å². The van der Waals surface area contributed by atoms with Crippen LogP contribution in [0.25, 0.3) is 10.8 Å². The summed E-state index contributed by atoms with van der Waals surface area (Å²) < 4.78 is 0. The molecule has 2 unspecified atom stereocenters. The summed E-state index contributed by atoms with van der Waals surface area (Å²) in [5.41, 5.74) is 0.836. The molecule has 0 aromatic heterocycles. The number of aliphatic hydroxyl groups is 2. The highest BCUT2D eigenvalue weighted by Gasteiger charge is 2.40. The number of hydrogen-bond donors (Lipinski definition) is 5. The van der Waals surface area contributed by atoms with Gasteiger partial charge in [0.05, 0.1) is 18.2 Å². The number of nitrogens with zero attached hydrogens (tertiary/aromatic N) is 1. The summed E-state index contributed by atoms with van der Waals surface area (Å²) in [6.45, 7) is 6.60. The van der Waals surface area contributed by atoms with Gasteiger partial charge in [-0.1, -0.05) is 56.3 Å². The third-order valence-electron chi connectivity index (χ3n) is 7.36. The SMILES string of the molecule is CCC(CC)C(=O)N(C(=O)[C@@H]1CCCN1)[C@H](Cc1ccc2ccccc2c1)C(=O)NCC(O)CNCC(C)O.Cl. The number of nitrogens with one attached hydrogen (secondary N) is 3. The van der Waals surface area contributed by atoms with Gasteiger partial charge in [-0.3, -0.25) is 19.3 Å². The summed E-state index contributed by atoms with van der Waals surface area (Å²) >= 11 is 0. The van der Waals surface area contributed by atoms with Crippen LogP contribution in [0.3, 0.4) is 0 Å². The lowest BCUT2D eigenvalue weighted by atomic mass is 9.96. The molecule has 0 saturated carbocycles. The van der Waals surface area contributed by atoms with Crippen LogP contribution < -0.4 is 16.0 Å². The van der Waals surface area contributed by atoms with Crippen LogP contribution in [0.15, 0.2) is 42.5 Å². The first-order valence-corrected chi connectivity index (χ1v) is 14.2. The molecule has 1 fully saturated rings. The zero-order valence-corrected chi connectivity index (χ0v) is 24.6. The maximum Gasteiger partial charge on any atom is 0.247 e. The van der Waals surface area contributed by atoms with Crippen LogP contribution in [0.5, 0.6) is 0 Å². The minimum absolute atomic E-state index is 0. The van der Waals surface area contributed by atoms with Gasteiger partial charge in [-0.2, -0.15) is 0 Å². The summed E-state index contributed by atoms with van der Waals surface area (Å²) in [6, 6.07) is 12.2. The lowest BCUT2D eigenvalue weighted by molar-refractivity contribution is -0.155. The van der Waals surface area contributed by atoms with Crippen molar-refractivity contribution >= 4 is 40.9 Å². The van der Waals surface area contributed by atoms with E-state index in [1.54, 1.807) is 6.92 Å². The molecule has 1 heterocycles. The average molecular weight is 577 g/mol. The zero-order chi connectivity index (χ0) is 28.4. The number of fused-ring (bicyclic) bond motifs is 1. The highest BCUT2D eigenvalue weighted by Crippen LogP contribution is 2.23. The third-order valence-corrected chi connectivity index (χ3v) is 7.36. The third kappa shape index (κ3) is 9.24. The van der Waals surface area contributed by atoms with Gasteiger partial charge < -0.3 is 26.2 Å². The van der Waals surface area contributed by atoms with Crippen LogP contribution in [-0.2, 0) is 20.8 Å². The normalized spacial score (nSPS) is 17.2. The van der Waals surface area contributed by atoms with Gasteiger partial charge in [0.25, 0.3) is 0 Å². The minimum atomic E-state index is -1.06. The smallest absolute Gasteiger partial charge is 0.247 e. The van der Waals surface area contributed by atoms with Crippen LogP contribution in [0.4, 0.5) is 0 Å². The molecule has 0 radical (unpaired) electrons. The number of aliphatic hydroxyl groups excluding tert-OH is 2. The van der Waals surface area contributed by atoms with E-state index in [1.807, 2.05) is 56.3 Å². The predicted molar refractivity (Wildman–Crippen MR) is 159 cm³/mol. The van der Waals surface area contributed by atoms with E-state index in [1.165, 1.54) is 4.90 Å². The molecule has 1 aliphatic heterocycles. The van der Waals surface area contributed by atoms with Crippen molar-refractivity contribution in [3.05, 3.63) is 48.0 Å². The molecule has 2 aromatic carbocycles. The Kier molecular flexibility index (Phi) is 14.0. The van der Waals surface area contributed by atoms with Gasteiger partial charge in [0.15, 0.2) is 0 Å². The number of carbonyl (C=O) groups is 3. The second-order valence-electron chi connectivity index (χ2n) is 10.5. The summed E-state index contributed by atoms with van der Waals surface area (Å²) in [5, 5.41) is 30.8. The molecule has 222 valence electrons. The maximum absolute atomic E-state index is 13.8. The van der Waals surface area contributed by atoms with E-state index in [0.717, 1.165) is 22.8 Å². The molecule has 40 heavy (non-hydrogen) atoms. The lowest BCUT2D eigenvalue weighted by Gasteiger charge is -2.34. The Morgan fingerprint density at radius 1 is 1.02 bits per heavy atom. The quantitative estimate of drug-likeness (QED) is 0.233. The Bertz CT molecular complexity index is 1090. The van der Waals surface area contributed by atoms with Gasteiger partial charge in [0, 0.05) is 32.0 Å². The van der Waals surface area contributed by atoms with Crippen molar-refractivity contribution < 1.29 is 24.6 Å². The standard InChI is InChI=1S/C30H44N4O5.ClH/c1-4-22(5-2)29(38)34(30(39)26-11-8-14-32-26)27(28(37)33-19-25(36)18-31-17-20(3)35)16-21-12-13-23-9-6-7-10-24(23)15-21;/h6-7,9-10,12-13,15,20,22,25-27,31-32,35-36H,4-5,8,11,14,16-19H2,1-3H3,(H,33,37);1H/t20?,25?,26-,27+;/m0./s1. The predicted octanol–water partition coefficient (Wildman–Crippen LogP) is 2.16. The van der Waals surface area contributed by atoms with Gasteiger partial charge in [-0.25, -0.2) is 0 Å². The number of rotatable bonds is 14. The monoisotopic (exact) mass is 576 g/mol. The molecule has 1 saturated heterocycles. The molecule has 4 atom stereocenters. The zero-order valence-electron chi connectivity index (χ0n) is 23.8. The second kappa shape index (κ2) is 16.6. The summed E-state index contributed by atoms with van der Waals surface area (Å²) in [7, 11) is 0. The number of benzene rings is 2. The van der Waals surface area contributed by atoms with Crippen molar-refractivity contribution in [1.82, 2.24) is 20.9 Å². The first-order valence-electron chi connectivity index (χ1n) is 14.2. The van der Waals surface area contributed by atoms with Crippen molar-refractivity contribution in [2.45, 2.75) is 77.2 Å². The Morgan fingerprint density at radius 2 is 1.73 bits per heavy atom. The van der Waals surface area contributed by atoms with Crippen LogP contribution in [-0.4, -0.2) is 83.3 Å². The molecule has 9 nitrogen and oxygen atoms in total. The lowest BCUT2D eigenvalue weighted by Crippen LogP contribution is -2.59. The van der Waals surface area contributed by atoms with E-state index in [-0.39, 0.29) is 49.6 Å². The molecular formula is C30H45ClN4O5. The van der Waals surface area contributed by atoms with Crippen molar-refractivity contribution in [2.75, 3.05) is 26.2 Å². The van der Waals surface area contributed by atoms with E-state index in [0.29, 0.717) is 32.4 Å². The fraction of sp³-hybridized carbons (Fsp3) is 0.567. The molecule has 2 aromatic rings. The fourth-order valence-electron chi connectivity index (χ4n) is 5.07. The topological polar surface area (TPSA) is 131 Å². The molecule has 0 aliphatic carbocycles. The molecule has 0 spiro atoms. The molecule has 0 bridgehead atoms. The molecule has 5 N–H and O–H groups in total. The van der Waals surface area contributed by atoms with Gasteiger partial charge in [0.1, 0.15) is 6.04 Å². The van der Waals surface area contributed by atoms with Gasteiger partial charge >= 0.3 is 0 Å². The van der Waals surface area contributed by atoms with E-state index in [9.17, 15) is 24.6 Å². The minimum Gasteiger partial charge on any atom is -0.392 e. The van der Waals surface area contributed by atoms with Crippen LogP contribution >= 0.6 is 12.4 Å². The Morgan fingerprint density at radius 3 is 2.35 bits per heavy atom. The second-order valence-corrected chi connectivity index (χ2v) is 10.5. The molecule has 10 heteroatoms. The Labute approximate surface area is 243 Å². The highest BCUT2D eigenvalue weighted by atomic mass is 35.5. The van der Waals surface area contributed by atoms with Gasteiger partial charge in [-0.05, 0) is 55.5 Å². The molecule has 3 amide bonds. The van der Waals surface area contributed by atoms with Crippen LogP contribution in [0.1, 0.15) is 52.0 Å². The summed E-state index contributed by atoms with van der Waals surface area (Å²) in [5.74, 6) is -1.57. The first kappa shape index (κ1) is 33.6. The Balaban J connectivity index is 0.00000560. The number of hydrogen-bond acceptors (Lipinski definition) is 7. The number of imide groups is 1. The average Bonchev–Trinajstić information content (AvgIpc) is 3.47. The highest BCUT2D eigenvalue weighted by molar-refractivity contribution is 6.03. The van der Waals surface area contributed by atoms with E-state index in [4.69, 9.17) is 0 Å². The van der Waals surface area contributed by atoms with Gasteiger partial charge in [0.2, 0.25) is 17.7 Å².